The van der Waals surface area contributed by atoms with Gasteiger partial charge in [0, 0.05) is 17.7 Å². The van der Waals surface area contributed by atoms with Gasteiger partial charge >= 0.3 is 12.1 Å². The molecule has 0 unspecified atom stereocenters. The van der Waals surface area contributed by atoms with E-state index in [9.17, 15) is 9.18 Å². The van der Waals surface area contributed by atoms with Crippen LogP contribution in [0.15, 0.2) is 42.9 Å². The summed E-state index contributed by atoms with van der Waals surface area (Å²) in [6, 6.07) is 7.06. The van der Waals surface area contributed by atoms with E-state index in [0.717, 1.165) is 22.2 Å². The van der Waals surface area contributed by atoms with Crippen molar-refractivity contribution in [2.45, 2.75) is 40.2 Å². The lowest BCUT2D eigenvalue weighted by atomic mass is 10.1. The number of amides is 1. The summed E-state index contributed by atoms with van der Waals surface area (Å²) >= 11 is 1.39. The van der Waals surface area contributed by atoms with E-state index in [-0.39, 0.29) is 18.4 Å². The van der Waals surface area contributed by atoms with E-state index in [2.05, 4.69) is 30.2 Å². The van der Waals surface area contributed by atoms with Gasteiger partial charge in [-0.05, 0) is 44.9 Å². The summed E-state index contributed by atoms with van der Waals surface area (Å²) in [5.41, 5.74) is 3.98. The van der Waals surface area contributed by atoms with Gasteiger partial charge in [-0.25, -0.2) is 34.1 Å². The molecule has 5 rings (SSSR count). The van der Waals surface area contributed by atoms with Crippen molar-refractivity contribution in [1.29, 1.82) is 0 Å². The number of nitrogens with one attached hydrogen (secondary N) is 1. The van der Waals surface area contributed by atoms with Crippen molar-refractivity contribution < 1.29 is 28.1 Å². The van der Waals surface area contributed by atoms with Crippen LogP contribution in [-0.2, 0) is 4.74 Å². The Morgan fingerprint density at radius 1 is 1.02 bits per heavy atom. The number of aryl methyl sites for hydroxylation is 1. The number of carbonyl (C=O) groups excluding carboxylic acids is 1. The molecule has 0 spiro atoms. The minimum atomic E-state index is -0.721. The molecule has 0 bridgehead atoms. The van der Waals surface area contributed by atoms with Crippen LogP contribution in [0, 0.1) is 12.7 Å². The number of benzene rings is 2. The van der Waals surface area contributed by atoms with Crippen molar-refractivity contribution in [3.05, 3.63) is 54.2 Å². The maximum atomic E-state index is 15.0. The van der Waals surface area contributed by atoms with Gasteiger partial charge in [-0.3, -0.25) is 5.32 Å². The molecule has 42 heavy (non-hydrogen) atoms. The molecule has 13 heteroatoms. The van der Waals surface area contributed by atoms with Crippen molar-refractivity contribution in [2.24, 2.45) is 0 Å². The van der Waals surface area contributed by atoms with Crippen LogP contribution < -0.4 is 19.5 Å². The third kappa shape index (κ3) is 6.79. The standard InChI is InChI=1S/C29H29FN6O5S/c1-5-7-39-28-32-12-18(13-33-28)34-29(37)40-15-17(4)41-23-11-24-21(10-20(23)30)36-27(42-24)19-8-16(3)9-22-26(19)31-14-25(35-22)38-6-2/h8-14,17H,5-7,15H2,1-4H3,(H,34,37)/t17-/m0/s1. The number of fused-ring (bicyclic) bond motifs is 2. The smallest absolute Gasteiger partial charge is 0.411 e. The Bertz CT molecular complexity index is 1720. The van der Waals surface area contributed by atoms with E-state index in [1.54, 1.807) is 19.2 Å². The Balaban J connectivity index is 1.25. The van der Waals surface area contributed by atoms with Gasteiger partial charge in [0.25, 0.3) is 0 Å². The van der Waals surface area contributed by atoms with Crippen LogP contribution in [0.4, 0.5) is 14.9 Å². The van der Waals surface area contributed by atoms with Gasteiger partial charge in [0.15, 0.2) is 11.6 Å². The number of aromatic nitrogens is 5. The highest BCUT2D eigenvalue weighted by atomic mass is 32.1. The molecule has 1 N–H and O–H groups in total. The van der Waals surface area contributed by atoms with Gasteiger partial charge in [-0.15, -0.1) is 11.3 Å². The second kappa shape index (κ2) is 12.9. The summed E-state index contributed by atoms with van der Waals surface area (Å²) in [4.78, 5) is 34.0. The number of nitrogens with zero attached hydrogens (tertiary/aromatic N) is 5. The zero-order valence-electron chi connectivity index (χ0n) is 23.5. The molecule has 5 aromatic rings. The minimum Gasteiger partial charge on any atom is -0.484 e. The van der Waals surface area contributed by atoms with Gasteiger partial charge in [-0.1, -0.05) is 6.92 Å². The Labute approximate surface area is 245 Å². The highest BCUT2D eigenvalue weighted by molar-refractivity contribution is 7.21. The first-order valence-electron chi connectivity index (χ1n) is 13.4. The van der Waals surface area contributed by atoms with Crippen molar-refractivity contribution >= 4 is 44.4 Å². The third-order valence-corrected chi connectivity index (χ3v) is 6.87. The molecule has 0 saturated heterocycles. The first-order valence-corrected chi connectivity index (χ1v) is 14.2. The topological polar surface area (TPSA) is 130 Å². The fourth-order valence-corrected chi connectivity index (χ4v) is 5.00. The van der Waals surface area contributed by atoms with Crippen LogP contribution in [0.3, 0.4) is 0 Å². The summed E-state index contributed by atoms with van der Waals surface area (Å²) in [6.07, 6.45) is 3.89. The molecule has 218 valence electrons. The zero-order valence-corrected chi connectivity index (χ0v) is 24.3. The maximum absolute atomic E-state index is 15.0. The Morgan fingerprint density at radius 3 is 2.60 bits per heavy atom. The van der Waals surface area contributed by atoms with E-state index in [0.29, 0.717) is 46.3 Å². The normalized spacial score (nSPS) is 11.8. The monoisotopic (exact) mass is 592 g/mol. The number of ether oxygens (including phenoxy) is 4. The van der Waals surface area contributed by atoms with Crippen LogP contribution in [0.25, 0.3) is 31.8 Å². The summed E-state index contributed by atoms with van der Waals surface area (Å²) in [6.45, 7) is 8.37. The second-order valence-electron chi connectivity index (χ2n) is 9.35. The van der Waals surface area contributed by atoms with Gasteiger partial charge in [0.1, 0.15) is 17.7 Å². The lowest BCUT2D eigenvalue weighted by Crippen LogP contribution is -2.24. The van der Waals surface area contributed by atoms with E-state index in [1.807, 2.05) is 32.9 Å². The molecule has 3 aromatic heterocycles. The van der Waals surface area contributed by atoms with Crippen molar-refractivity contribution in [1.82, 2.24) is 24.9 Å². The Hall–Kier alpha value is -4.65. The first-order chi connectivity index (χ1) is 20.3. The number of thiazole rings is 1. The summed E-state index contributed by atoms with van der Waals surface area (Å²) in [7, 11) is 0. The van der Waals surface area contributed by atoms with Gasteiger partial charge in [0.05, 0.1) is 58.7 Å². The number of anilines is 1. The molecule has 0 aliphatic rings. The highest BCUT2D eigenvalue weighted by Gasteiger charge is 2.18. The molecular weight excluding hydrogens is 563 g/mol. The van der Waals surface area contributed by atoms with Crippen LogP contribution in [0.2, 0.25) is 0 Å². The molecule has 0 saturated carbocycles. The first kappa shape index (κ1) is 28.9. The molecule has 1 amide bonds. The van der Waals surface area contributed by atoms with E-state index in [1.165, 1.54) is 29.8 Å². The number of hydrogen-bond donors (Lipinski definition) is 1. The molecule has 2 aromatic carbocycles. The van der Waals surface area contributed by atoms with Crippen molar-refractivity contribution in [2.75, 3.05) is 25.1 Å². The SMILES string of the molecule is CCCOc1ncc(NC(=O)OC[C@H](C)Oc2cc3sc(-c4cc(C)cc5nc(OCC)cnc45)nc3cc2F)cn1. The number of hydrogen-bond acceptors (Lipinski definition) is 11. The fraction of sp³-hybridized carbons (Fsp3) is 0.310. The molecule has 0 fully saturated rings. The fourth-order valence-electron chi connectivity index (χ4n) is 4.01. The van der Waals surface area contributed by atoms with Crippen LogP contribution in [-0.4, -0.2) is 56.9 Å². The summed E-state index contributed by atoms with van der Waals surface area (Å²) in [5.74, 6) is -0.0974. The average molecular weight is 593 g/mol. The molecular formula is C29H29FN6O5S. The Kier molecular flexibility index (Phi) is 8.86. The summed E-state index contributed by atoms with van der Waals surface area (Å²) in [5, 5.41) is 3.21. The molecule has 0 aliphatic carbocycles. The van der Waals surface area contributed by atoms with Crippen LogP contribution in [0.5, 0.6) is 17.6 Å². The lowest BCUT2D eigenvalue weighted by molar-refractivity contribution is 0.0969. The zero-order chi connectivity index (χ0) is 29.6. The van der Waals surface area contributed by atoms with Gasteiger partial charge in [0.2, 0.25) is 5.88 Å². The second-order valence-corrected chi connectivity index (χ2v) is 10.4. The molecule has 11 nitrogen and oxygen atoms in total. The minimum absolute atomic E-state index is 0.0283. The Morgan fingerprint density at radius 2 is 1.83 bits per heavy atom. The van der Waals surface area contributed by atoms with E-state index >= 15 is 0 Å². The van der Waals surface area contributed by atoms with Crippen molar-refractivity contribution in [3.8, 4) is 28.2 Å². The van der Waals surface area contributed by atoms with Gasteiger partial charge in [-0.2, -0.15) is 0 Å². The molecule has 0 aliphatic heterocycles. The predicted molar refractivity (Wildman–Crippen MR) is 157 cm³/mol. The van der Waals surface area contributed by atoms with Crippen LogP contribution >= 0.6 is 11.3 Å². The van der Waals surface area contributed by atoms with Crippen molar-refractivity contribution in [3.63, 3.8) is 0 Å². The quantitative estimate of drug-likeness (QED) is 0.185. The number of halogens is 1. The maximum Gasteiger partial charge on any atom is 0.411 e. The van der Waals surface area contributed by atoms with Crippen LogP contribution in [0.1, 0.15) is 32.8 Å². The number of carbonyl (C=O) groups is 1. The molecule has 0 radical (unpaired) electrons. The van der Waals surface area contributed by atoms with E-state index in [4.69, 9.17) is 18.9 Å². The van der Waals surface area contributed by atoms with E-state index < -0.39 is 18.0 Å². The summed E-state index contributed by atoms with van der Waals surface area (Å²) < 4.78 is 37.5. The molecule has 3 heterocycles. The largest absolute Gasteiger partial charge is 0.484 e. The lowest BCUT2D eigenvalue weighted by Gasteiger charge is -2.15. The number of rotatable bonds is 11. The molecule has 1 atom stereocenters. The predicted octanol–water partition coefficient (Wildman–Crippen LogP) is 6.35. The average Bonchev–Trinajstić information content (AvgIpc) is 3.38. The third-order valence-electron chi connectivity index (χ3n) is 5.82. The van der Waals surface area contributed by atoms with Gasteiger partial charge < -0.3 is 18.9 Å². The highest BCUT2D eigenvalue weighted by Crippen LogP contribution is 2.37.